The van der Waals surface area contributed by atoms with Crippen LogP contribution >= 0.6 is 0 Å². The normalized spacial score (nSPS) is 8.12. The first-order valence-electron chi connectivity index (χ1n) is 2.52. The van der Waals surface area contributed by atoms with Crippen molar-refractivity contribution in [2.45, 2.75) is 6.92 Å². The summed E-state index contributed by atoms with van der Waals surface area (Å²) in [5, 5.41) is 0. The molecule has 2 N–H and O–H groups in total. The molecule has 8 heavy (non-hydrogen) atoms. The van der Waals surface area contributed by atoms with Gasteiger partial charge in [-0.05, 0) is 6.92 Å². The average molecular weight is 112 g/mol. The van der Waals surface area contributed by atoms with Crippen molar-refractivity contribution >= 4 is 0 Å². The van der Waals surface area contributed by atoms with Crippen LogP contribution in [0.4, 0.5) is 0 Å². The molecule has 2 heteroatoms. The van der Waals surface area contributed by atoms with Gasteiger partial charge in [-0.1, -0.05) is 12.7 Å². The highest BCUT2D eigenvalue weighted by Crippen LogP contribution is 1.70. The molecular weight excluding hydrogens is 100 g/mol. The highest BCUT2D eigenvalue weighted by atomic mass is 15.3. The molecule has 0 aliphatic rings. The van der Waals surface area contributed by atoms with Gasteiger partial charge in [0.15, 0.2) is 0 Å². The van der Waals surface area contributed by atoms with Crippen LogP contribution in [0.5, 0.6) is 0 Å². The first kappa shape index (κ1) is 7.24. The van der Waals surface area contributed by atoms with Gasteiger partial charge < -0.3 is 5.43 Å². The quantitative estimate of drug-likeness (QED) is 0.319. The van der Waals surface area contributed by atoms with Gasteiger partial charge in [0.05, 0.1) is 0 Å². The van der Waals surface area contributed by atoms with E-state index in [1.165, 1.54) is 0 Å². The Morgan fingerprint density at radius 2 is 2.38 bits per heavy atom. The van der Waals surface area contributed by atoms with Crippen molar-refractivity contribution in [1.29, 1.82) is 0 Å². The van der Waals surface area contributed by atoms with Gasteiger partial charge in [-0.3, -0.25) is 0 Å². The van der Waals surface area contributed by atoms with E-state index in [1.54, 1.807) is 6.08 Å². The predicted molar refractivity (Wildman–Crippen MR) is 36.1 cm³/mol. The second-order valence-electron chi connectivity index (χ2n) is 1.57. The Labute approximate surface area is 50.3 Å². The van der Waals surface area contributed by atoms with Crippen molar-refractivity contribution in [2.75, 3.05) is 6.54 Å². The van der Waals surface area contributed by atoms with E-state index in [2.05, 4.69) is 24.0 Å². The van der Waals surface area contributed by atoms with Crippen molar-refractivity contribution in [3.63, 3.8) is 0 Å². The maximum Gasteiger partial charge on any atom is 0.0326 e. The highest BCUT2D eigenvalue weighted by Gasteiger charge is 1.75. The fourth-order valence-electron chi connectivity index (χ4n) is 0.274. The lowest BCUT2D eigenvalue weighted by molar-refractivity contribution is 0.651. The molecule has 0 aromatic carbocycles. The Bertz CT molecular complexity index is 86.5. The van der Waals surface area contributed by atoms with Crippen LogP contribution in [0.2, 0.25) is 0 Å². The number of hydrazine groups is 1. The predicted octanol–water partition coefficient (Wildman–Crippen LogP) is 0.800. The SMILES string of the molecule is C=CCNNC(=C)C. The number of nitrogens with one attached hydrogen (secondary N) is 2. The molecule has 0 amide bonds. The monoisotopic (exact) mass is 112 g/mol. The molecule has 0 saturated heterocycles. The van der Waals surface area contributed by atoms with E-state index in [0.717, 1.165) is 12.2 Å². The van der Waals surface area contributed by atoms with Crippen molar-refractivity contribution in [3.05, 3.63) is 24.9 Å². The van der Waals surface area contributed by atoms with Crippen molar-refractivity contribution in [3.8, 4) is 0 Å². The van der Waals surface area contributed by atoms with Crippen LogP contribution in [0.15, 0.2) is 24.9 Å². The van der Waals surface area contributed by atoms with Gasteiger partial charge in [-0.15, -0.1) is 6.58 Å². The first-order valence-corrected chi connectivity index (χ1v) is 2.52. The molecule has 0 saturated carbocycles. The van der Waals surface area contributed by atoms with Crippen LogP contribution in [0.3, 0.4) is 0 Å². The minimum Gasteiger partial charge on any atom is -0.326 e. The summed E-state index contributed by atoms with van der Waals surface area (Å²) in [7, 11) is 0. The molecule has 0 unspecified atom stereocenters. The molecule has 0 aliphatic carbocycles. The summed E-state index contributed by atoms with van der Waals surface area (Å²) in [6.07, 6.45) is 1.77. The fourth-order valence-corrected chi connectivity index (χ4v) is 0.274. The summed E-state index contributed by atoms with van der Waals surface area (Å²) < 4.78 is 0. The van der Waals surface area contributed by atoms with Gasteiger partial charge in [0, 0.05) is 12.2 Å². The average Bonchev–Trinajstić information content (AvgIpc) is 1.66. The van der Waals surface area contributed by atoms with Crippen LogP contribution in [0.1, 0.15) is 6.92 Å². The van der Waals surface area contributed by atoms with Gasteiger partial charge in [-0.25, -0.2) is 5.43 Å². The minimum absolute atomic E-state index is 0.757. The number of allylic oxidation sites excluding steroid dienone is 1. The van der Waals surface area contributed by atoms with Gasteiger partial charge in [-0.2, -0.15) is 0 Å². The second-order valence-corrected chi connectivity index (χ2v) is 1.57. The van der Waals surface area contributed by atoms with Crippen LogP contribution < -0.4 is 10.9 Å². The Kier molecular flexibility index (Phi) is 3.98. The molecular formula is C6H12N2. The molecule has 0 rings (SSSR count). The zero-order valence-corrected chi connectivity index (χ0v) is 5.20. The summed E-state index contributed by atoms with van der Waals surface area (Å²) in [4.78, 5) is 0. The van der Waals surface area contributed by atoms with Crippen molar-refractivity contribution < 1.29 is 0 Å². The lowest BCUT2D eigenvalue weighted by Crippen LogP contribution is -2.29. The van der Waals surface area contributed by atoms with Crippen LogP contribution in [0, 0.1) is 0 Å². The smallest absolute Gasteiger partial charge is 0.0326 e. The zero-order valence-electron chi connectivity index (χ0n) is 5.20. The standard InChI is InChI=1S/C6H12N2/c1-4-5-7-8-6(2)3/h4,7-8H,1-2,5H2,3H3. The minimum atomic E-state index is 0.757. The van der Waals surface area contributed by atoms with Crippen LogP contribution in [0.25, 0.3) is 0 Å². The zero-order chi connectivity index (χ0) is 6.41. The fraction of sp³-hybridized carbons (Fsp3) is 0.333. The third-order valence-corrected chi connectivity index (χ3v) is 0.548. The molecule has 0 bridgehead atoms. The summed E-state index contributed by atoms with van der Waals surface area (Å²) >= 11 is 0. The molecule has 0 aliphatic heterocycles. The molecule has 0 atom stereocenters. The van der Waals surface area contributed by atoms with E-state index in [-0.39, 0.29) is 0 Å². The van der Waals surface area contributed by atoms with Crippen LogP contribution in [-0.4, -0.2) is 6.54 Å². The van der Waals surface area contributed by atoms with E-state index in [0.29, 0.717) is 0 Å². The second kappa shape index (κ2) is 4.40. The largest absolute Gasteiger partial charge is 0.326 e. The number of hydrogen-bond donors (Lipinski definition) is 2. The Morgan fingerprint density at radius 1 is 1.75 bits per heavy atom. The van der Waals surface area contributed by atoms with E-state index in [9.17, 15) is 0 Å². The lowest BCUT2D eigenvalue weighted by atomic mass is 10.6. The molecule has 0 radical (unpaired) electrons. The Balaban J connectivity index is 2.93. The third-order valence-electron chi connectivity index (χ3n) is 0.548. The summed E-state index contributed by atoms with van der Waals surface area (Å²) in [6.45, 7) is 9.79. The Hall–Kier alpha value is -0.760. The molecule has 2 nitrogen and oxygen atoms in total. The van der Waals surface area contributed by atoms with E-state index in [1.807, 2.05) is 6.92 Å². The summed E-state index contributed by atoms with van der Waals surface area (Å²) in [6, 6.07) is 0. The number of hydrogen-bond acceptors (Lipinski definition) is 2. The summed E-state index contributed by atoms with van der Waals surface area (Å²) in [5.74, 6) is 0. The maximum atomic E-state index is 3.62. The van der Waals surface area contributed by atoms with Gasteiger partial charge in [0.2, 0.25) is 0 Å². The van der Waals surface area contributed by atoms with Gasteiger partial charge >= 0.3 is 0 Å². The van der Waals surface area contributed by atoms with E-state index >= 15 is 0 Å². The molecule has 0 aromatic rings. The van der Waals surface area contributed by atoms with E-state index in [4.69, 9.17) is 0 Å². The van der Waals surface area contributed by atoms with Crippen LogP contribution in [-0.2, 0) is 0 Å². The topological polar surface area (TPSA) is 24.1 Å². The maximum absolute atomic E-state index is 3.62. The summed E-state index contributed by atoms with van der Waals surface area (Å²) in [5.41, 5.74) is 6.61. The molecule has 0 aromatic heterocycles. The highest BCUT2D eigenvalue weighted by molar-refractivity contribution is 4.82. The van der Waals surface area contributed by atoms with Gasteiger partial charge in [0.25, 0.3) is 0 Å². The van der Waals surface area contributed by atoms with E-state index < -0.39 is 0 Å². The molecule has 0 fully saturated rings. The Morgan fingerprint density at radius 3 is 2.75 bits per heavy atom. The third kappa shape index (κ3) is 5.24. The molecule has 0 heterocycles. The van der Waals surface area contributed by atoms with Crippen molar-refractivity contribution in [2.24, 2.45) is 0 Å². The van der Waals surface area contributed by atoms with Crippen molar-refractivity contribution in [1.82, 2.24) is 10.9 Å². The van der Waals surface area contributed by atoms with Gasteiger partial charge in [0.1, 0.15) is 0 Å². The molecule has 0 spiro atoms. The lowest BCUT2D eigenvalue weighted by Gasteiger charge is -2.02. The molecule has 46 valence electrons. The number of rotatable bonds is 4. The first-order chi connectivity index (χ1) is 3.77.